The first-order valence-corrected chi connectivity index (χ1v) is 7.84. The van der Waals surface area contributed by atoms with Gasteiger partial charge in [-0.1, -0.05) is 18.2 Å². The van der Waals surface area contributed by atoms with Crippen molar-refractivity contribution in [1.29, 1.82) is 0 Å². The second kappa shape index (κ2) is 6.57. The predicted molar refractivity (Wildman–Crippen MR) is 83.4 cm³/mol. The number of morpholine rings is 1. The molecule has 2 aromatic rings. The van der Waals surface area contributed by atoms with Gasteiger partial charge >= 0.3 is 6.18 Å². The van der Waals surface area contributed by atoms with Crippen LogP contribution in [0.2, 0.25) is 0 Å². The zero-order chi connectivity index (χ0) is 17.3. The first kappa shape index (κ1) is 17.0. The van der Waals surface area contributed by atoms with Gasteiger partial charge in [0.05, 0.1) is 24.5 Å². The van der Waals surface area contributed by atoms with E-state index in [1.807, 2.05) is 20.2 Å². The minimum absolute atomic E-state index is 0.206. The van der Waals surface area contributed by atoms with Crippen molar-refractivity contribution in [1.82, 2.24) is 14.7 Å². The Bertz CT molecular complexity index is 711. The Morgan fingerprint density at radius 3 is 2.71 bits per heavy atom. The minimum Gasteiger partial charge on any atom is -0.371 e. The van der Waals surface area contributed by atoms with E-state index in [4.69, 9.17) is 4.74 Å². The Hall–Kier alpha value is -1.86. The average Bonchev–Trinajstić information content (AvgIpc) is 2.86. The topological polar surface area (TPSA) is 30.3 Å². The number of halogens is 3. The number of hydrogen-bond donors (Lipinski definition) is 0. The van der Waals surface area contributed by atoms with E-state index in [1.165, 1.54) is 12.1 Å². The molecule has 1 aliphatic heterocycles. The van der Waals surface area contributed by atoms with Crippen LogP contribution in [0, 0.1) is 6.92 Å². The third-order valence-corrected chi connectivity index (χ3v) is 4.49. The van der Waals surface area contributed by atoms with Crippen LogP contribution in [0.5, 0.6) is 0 Å². The first-order chi connectivity index (χ1) is 11.4. The molecular formula is C17H20F3N3O. The van der Waals surface area contributed by atoms with Gasteiger partial charge in [-0.15, -0.1) is 0 Å². The fraction of sp³-hybridized carbons (Fsp3) is 0.471. The lowest BCUT2D eigenvalue weighted by molar-refractivity contribution is -0.140. The second-order valence-electron chi connectivity index (χ2n) is 6.06. The van der Waals surface area contributed by atoms with E-state index in [-0.39, 0.29) is 5.56 Å². The van der Waals surface area contributed by atoms with Crippen molar-refractivity contribution in [2.45, 2.75) is 25.7 Å². The van der Waals surface area contributed by atoms with Crippen LogP contribution < -0.4 is 0 Å². The van der Waals surface area contributed by atoms with Crippen LogP contribution >= 0.6 is 0 Å². The molecule has 1 fully saturated rings. The number of aryl methyl sites for hydroxylation is 1. The Kier molecular flexibility index (Phi) is 4.64. The number of aromatic nitrogens is 2. The number of rotatable bonds is 3. The summed E-state index contributed by atoms with van der Waals surface area (Å²) < 4.78 is 47.1. The van der Waals surface area contributed by atoms with E-state index in [1.54, 1.807) is 10.7 Å². The first-order valence-electron chi connectivity index (χ1n) is 7.84. The van der Waals surface area contributed by atoms with Gasteiger partial charge in [0.1, 0.15) is 0 Å². The molecule has 1 aromatic carbocycles. The zero-order valence-corrected chi connectivity index (χ0v) is 13.7. The van der Waals surface area contributed by atoms with Gasteiger partial charge in [-0.2, -0.15) is 18.3 Å². The summed E-state index contributed by atoms with van der Waals surface area (Å²) in [4.78, 5) is 2.12. The van der Waals surface area contributed by atoms with E-state index in [0.29, 0.717) is 26.2 Å². The van der Waals surface area contributed by atoms with E-state index in [0.717, 1.165) is 17.3 Å². The Labute approximate surface area is 138 Å². The maximum atomic E-state index is 13.2. The van der Waals surface area contributed by atoms with Crippen LogP contribution in [0.3, 0.4) is 0 Å². The monoisotopic (exact) mass is 339 g/mol. The third kappa shape index (κ3) is 3.47. The second-order valence-corrected chi connectivity index (χ2v) is 6.06. The molecule has 0 bridgehead atoms. The van der Waals surface area contributed by atoms with Crippen LogP contribution in [-0.2, 0) is 24.5 Å². The molecule has 4 nitrogen and oxygen atoms in total. The van der Waals surface area contributed by atoms with Crippen LogP contribution in [0.1, 0.15) is 28.5 Å². The van der Waals surface area contributed by atoms with E-state index < -0.39 is 17.8 Å². The number of benzene rings is 1. The molecule has 24 heavy (non-hydrogen) atoms. The molecule has 130 valence electrons. The number of nitrogens with zero attached hydrogens (tertiary/aromatic N) is 3. The van der Waals surface area contributed by atoms with Crippen molar-refractivity contribution in [3.05, 3.63) is 52.8 Å². The van der Waals surface area contributed by atoms with Gasteiger partial charge in [-0.25, -0.2) is 0 Å². The van der Waals surface area contributed by atoms with Gasteiger partial charge in [0.2, 0.25) is 0 Å². The molecule has 7 heteroatoms. The molecule has 0 spiro atoms. The molecule has 1 saturated heterocycles. The summed E-state index contributed by atoms with van der Waals surface area (Å²) in [5, 5.41) is 4.22. The highest BCUT2D eigenvalue weighted by Gasteiger charge is 2.36. The van der Waals surface area contributed by atoms with Crippen molar-refractivity contribution < 1.29 is 17.9 Å². The SMILES string of the molecule is Cc1c(CN2CCO[C@@H](c3ccccc3C(F)(F)F)C2)cnn1C. The third-order valence-electron chi connectivity index (χ3n) is 4.49. The average molecular weight is 339 g/mol. The molecule has 0 unspecified atom stereocenters. The summed E-state index contributed by atoms with van der Waals surface area (Å²) in [6.07, 6.45) is -3.14. The molecule has 0 N–H and O–H groups in total. The van der Waals surface area contributed by atoms with Crippen LogP contribution in [0.4, 0.5) is 13.2 Å². The summed E-state index contributed by atoms with van der Waals surface area (Å²) in [5.74, 6) is 0. The largest absolute Gasteiger partial charge is 0.416 e. The molecule has 1 atom stereocenters. The standard InChI is InChI=1S/C17H20F3N3O/c1-12-13(9-21-22(12)2)10-23-7-8-24-16(11-23)14-5-3-4-6-15(14)17(18,19)20/h3-6,9,16H,7-8,10-11H2,1-2H3/t16-/m1/s1. The van der Waals surface area contributed by atoms with Gasteiger partial charge in [0.25, 0.3) is 0 Å². The van der Waals surface area contributed by atoms with Gasteiger partial charge in [0, 0.05) is 37.9 Å². The van der Waals surface area contributed by atoms with E-state index >= 15 is 0 Å². The van der Waals surface area contributed by atoms with Crippen LogP contribution in [-0.4, -0.2) is 34.4 Å². The quantitative estimate of drug-likeness (QED) is 0.859. The fourth-order valence-electron chi connectivity index (χ4n) is 3.01. The Balaban J connectivity index is 1.78. The molecule has 1 aliphatic rings. The van der Waals surface area contributed by atoms with E-state index in [9.17, 15) is 13.2 Å². The highest BCUT2D eigenvalue weighted by molar-refractivity contribution is 5.32. The lowest BCUT2D eigenvalue weighted by atomic mass is 10.0. The summed E-state index contributed by atoms with van der Waals surface area (Å²) in [7, 11) is 1.88. The van der Waals surface area contributed by atoms with Crippen molar-refractivity contribution in [3.8, 4) is 0 Å². The summed E-state index contributed by atoms with van der Waals surface area (Å²) in [5.41, 5.74) is 1.74. The molecule has 0 radical (unpaired) electrons. The summed E-state index contributed by atoms with van der Waals surface area (Å²) in [6, 6.07) is 5.65. The fourth-order valence-corrected chi connectivity index (χ4v) is 3.01. The summed E-state index contributed by atoms with van der Waals surface area (Å²) in [6.45, 7) is 4.18. The van der Waals surface area contributed by atoms with Gasteiger partial charge in [-0.3, -0.25) is 9.58 Å². The normalized spacial score (nSPS) is 19.6. The highest BCUT2D eigenvalue weighted by Crippen LogP contribution is 2.36. The van der Waals surface area contributed by atoms with Crippen molar-refractivity contribution in [3.63, 3.8) is 0 Å². The number of hydrogen-bond acceptors (Lipinski definition) is 3. The van der Waals surface area contributed by atoms with Crippen molar-refractivity contribution in [2.24, 2.45) is 7.05 Å². The maximum absolute atomic E-state index is 13.2. The number of alkyl halides is 3. The molecular weight excluding hydrogens is 319 g/mol. The molecule has 3 rings (SSSR count). The highest BCUT2D eigenvalue weighted by atomic mass is 19.4. The number of ether oxygens (including phenoxy) is 1. The lowest BCUT2D eigenvalue weighted by Gasteiger charge is -2.34. The van der Waals surface area contributed by atoms with Crippen LogP contribution in [0.15, 0.2) is 30.5 Å². The maximum Gasteiger partial charge on any atom is 0.416 e. The smallest absolute Gasteiger partial charge is 0.371 e. The van der Waals surface area contributed by atoms with Gasteiger partial charge in [0.15, 0.2) is 0 Å². The zero-order valence-electron chi connectivity index (χ0n) is 13.7. The lowest BCUT2D eigenvalue weighted by Crippen LogP contribution is -2.38. The summed E-state index contributed by atoms with van der Waals surface area (Å²) >= 11 is 0. The molecule has 2 heterocycles. The minimum atomic E-state index is -4.37. The molecule has 1 aromatic heterocycles. The van der Waals surface area contributed by atoms with E-state index in [2.05, 4.69) is 10.00 Å². The van der Waals surface area contributed by atoms with Crippen molar-refractivity contribution >= 4 is 0 Å². The van der Waals surface area contributed by atoms with Gasteiger partial charge in [-0.05, 0) is 18.6 Å². The Morgan fingerprint density at radius 2 is 2.04 bits per heavy atom. The predicted octanol–water partition coefficient (Wildman–Crippen LogP) is 3.32. The Morgan fingerprint density at radius 1 is 1.29 bits per heavy atom. The van der Waals surface area contributed by atoms with Gasteiger partial charge < -0.3 is 4.74 Å². The van der Waals surface area contributed by atoms with Crippen molar-refractivity contribution in [2.75, 3.05) is 19.7 Å². The molecule has 0 aliphatic carbocycles. The van der Waals surface area contributed by atoms with Crippen LogP contribution in [0.25, 0.3) is 0 Å². The molecule has 0 amide bonds. The molecule has 0 saturated carbocycles.